The van der Waals surface area contributed by atoms with Gasteiger partial charge in [-0.05, 0) is 11.1 Å². The fourth-order valence-electron chi connectivity index (χ4n) is 1.94. The van der Waals surface area contributed by atoms with Crippen LogP contribution >= 0.6 is 0 Å². The van der Waals surface area contributed by atoms with Gasteiger partial charge in [0.2, 0.25) is 5.91 Å². The molecule has 0 fully saturated rings. The van der Waals surface area contributed by atoms with Crippen molar-refractivity contribution in [1.82, 2.24) is 0 Å². The summed E-state index contributed by atoms with van der Waals surface area (Å²) in [5, 5.41) is 2.16. The molecule has 2 aromatic carbocycles. The number of halogens is 3. The summed E-state index contributed by atoms with van der Waals surface area (Å²) in [6.45, 7) is 0.256. The Morgan fingerprint density at radius 1 is 1.10 bits per heavy atom. The molecule has 0 bridgehead atoms. The molecule has 2 rings (SSSR count). The molecule has 0 aliphatic heterocycles. The standard InChI is InChI=1S/C15H13F3N2O/c16-11-6-12(17)15(18)13(7-11)20-14(21)5-9-3-1-2-4-10(9)8-19/h1-4,6-7H,5,8,19H2,(H,20,21). The molecule has 3 nitrogen and oxygen atoms in total. The Labute approximate surface area is 119 Å². The maximum atomic E-state index is 13.4. The third-order valence-electron chi connectivity index (χ3n) is 2.96. The molecular weight excluding hydrogens is 281 g/mol. The van der Waals surface area contributed by atoms with E-state index in [1.165, 1.54) is 0 Å². The van der Waals surface area contributed by atoms with Gasteiger partial charge in [-0.1, -0.05) is 24.3 Å². The van der Waals surface area contributed by atoms with E-state index in [1.807, 2.05) is 0 Å². The van der Waals surface area contributed by atoms with E-state index in [2.05, 4.69) is 5.32 Å². The molecule has 3 N–H and O–H groups in total. The Hall–Kier alpha value is -2.34. The number of carbonyl (C=O) groups excluding carboxylic acids is 1. The molecule has 0 saturated heterocycles. The maximum absolute atomic E-state index is 13.4. The van der Waals surface area contributed by atoms with E-state index in [1.54, 1.807) is 24.3 Å². The van der Waals surface area contributed by atoms with Gasteiger partial charge in [-0.3, -0.25) is 4.79 Å². The fourth-order valence-corrected chi connectivity index (χ4v) is 1.94. The summed E-state index contributed by atoms with van der Waals surface area (Å²) in [6.07, 6.45) is -0.0645. The summed E-state index contributed by atoms with van der Waals surface area (Å²) in [4.78, 5) is 11.9. The van der Waals surface area contributed by atoms with Gasteiger partial charge in [-0.25, -0.2) is 13.2 Å². The maximum Gasteiger partial charge on any atom is 0.228 e. The predicted octanol–water partition coefficient (Wildman–Crippen LogP) is 2.74. The number of rotatable bonds is 4. The van der Waals surface area contributed by atoms with E-state index < -0.39 is 29.0 Å². The molecule has 110 valence electrons. The van der Waals surface area contributed by atoms with E-state index in [0.717, 1.165) is 11.6 Å². The summed E-state index contributed by atoms with van der Waals surface area (Å²) in [6, 6.07) is 8.14. The highest BCUT2D eigenvalue weighted by molar-refractivity contribution is 5.92. The Morgan fingerprint density at radius 3 is 2.43 bits per heavy atom. The van der Waals surface area contributed by atoms with E-state index >= 15 is 0 Å². The lowest BCUT2D eigenvalue weighted by atomic mass is 10.0. The van der Waals surface area contributed by atoms with E-state index in [4.69, 9.17) is 5.73 Å². The number of carbonyl (C=O) groups is 1. The second-order valence-electron chi connectivity index (χ2n) is 4.45. The van der Waals surface area contributed by atoms with Crippen LogP contribution in [0.3, 0.4) is 0 Å². The first-order chi connectivity index (χ1) is 10.0. The second-order valence-corrected chi connectivity index (χ2v) is 4.45. The lowest BCUT2D eigenvalue weighted by Gasteiger charge is -2.09. The molecule has 2 aromatic rings. The predicted molar refractivity (Wildman–Crippen MR) is 73.0 cm³/mol. The van der Waals surface area contributed by atoms with Crippen LogP contribution in [0.5, 0.6) is 0 Å². The van der Waals surface area contributed by atoms with Gasteiger partial charge < -0.3 is 11.1 Å². The highest BCUT2D eigenvalue weighted by atomic mass is 19.2. The highest BCUT2D eigenvalue weighted by Gasteiger charge is 2.14. The first-order valence-electron chi connectivity index (χ1n) is 6.22. The average molecular weight is 294 g/mol. The number of hydrogen-bond donors (Lipinski definition) is 2. The molecule has 0 spiro atoms. The minimum atomic E-state index is -1.35. The Bertz CT molecular complexity index is 674. The highest BCUT2D eigenvalue weighted by Crippen LogP contribution is 2.19. The molecule has 0 radical (unpaired) electrons. The molecule has 1 amide bonds. The van der Waals surface area contributed by atoms with E-state index in [-0.39, 0.29) is 13.0 Å². The smallest absolute Gasteiger partial charge is 0.228 e. The van der Waals surface area contributed by atoms with E-state index in [0.29, 0.717) is 11.6 Å². The molecule has 6 heteroatoms. The molecule has 0 aliphatic carbocycles. The van der Waals surface area contributed by atoms with Gasteiger partial charge in [-0.2, -0.15) is 0 Å². The fraction of sp³-hybridized carbons (Fsp3) is 0.133. The van der Waals surface area contributed by atoms with E-state index in [9.17, 15) is 18.0 Å². The van der Waals surface area contributed by atoms with Crippen LogP contribution in [0.1, 0.15) is 11.1 Å². The summed E-state index contributed by atoms with van der Waals surface area (Å²) in [5.74, 6) is -4.20. The van der Waals surface area contributed by atoms with Crippen LogP contribution in [0.2, 0.25) is 0 Å². The van der Waals surface area contributed by atoms with Crippen LogP contribution in [-0.2, 0) is 17.8 Å². The zero-order valence-corrected chi connectivity index (χ0v) is 11.0. The van der Waals surface area contributed by atoms with Crippen LogP contribution in [0, 0.1) is 17.5 Å². The summed E-state index contributed by atoms with van der Waals surface area (Å²) < 4.78 is 39.5. The van der Waals surface area contributed by atoms with Gasteiger partial charge >= 0.3 is 0 Å². The van der Waals surface area contributed by atoms with Crippen LogP contribution in [0.25, 0.3) is 0 Å². The molecule has 0 unspecified atom stereocenters. The monoisotopic (exact) mass is 294 g/mol. The molecule has 0 heterocycles. The molecule has 0 aliphatic rings. The zero-order chi connectivity index (χ0) is 15.4. The van der Waals surface area contributed by atoms with Gasteiger partial charge in [0.25, 0.3) is 0 Å². The Balaban J connectivity index is 2.16. The van der Waals surface area contributed by atoms with Crippen molar-refractivity contribution < 1.29 is 18.0 Å². The van der Waals surface area contributed by atoms with Crippen LogP contribution in [-0.4, -0.2) is 5.91 Å². The van der Waals surface area contributed by atoms with Gasteiger partial charge in [-0.15, -0.1) is 0 Å². The number of benzene rings is 2. The van der Waals surface area contributed by atoms with Crippen molar-refractivity contribution in [1.29, 1.82) is 0 Å². The third-order valence-corrected chi connectivity index (χ3v) is 2.96. The van der Waals surface area contributed by atoms with Gasteiger partial charge in [0, 0.05) is 18.7 Å². The van der Waals surface area contributed by atoms with Crippen molar-refractivity contribution in [3.05, 3.63) is 65.0 Å². The number of nitrogens with one attached hydrogen (secondary N) is 1. The minimum Gasteiger partial charge on any atom is -0.326 e. The van der Waals surface area contributed by atoms with Gasteiger partial charge in [0.1, 0.15) is 5.82 Å². The zero-order valence-electron chi connectivity index (χ0n) is 11.0. The van der Waals surface area contributed by atoms with Gasteiger partial charge in [0.05, 0.1) is 12.1 Å². The summed E-state index contributed by atoms with van der Waals surface area (Å²) in [5.41, 5.74) is 6.48. The third kappa shape index (κ3) is 3.61. The van der Waals surface area contributed by atoms with Crippen LogP contribution in [0.4, 0.5) is 18.9 Å². The van der Waals surface area contributed by atoms with Gasteiger partial charge in [0.15, 0.2) is 11.6 Å². The van der Waals surface area contributed by atoms with Crippen molar-refractivity contribution in [2.75, 3.05) is 5.32 Å². The van der Waals surface area contributed by atoms with Crippen LogP contribution in [0.15, 0.2) is 36.4 Å². The first kappa shape index (κ1) is 15.1. The quantitative estimate of drug-likeness (QED) is 0.852. The largest absolute Gasteiger partial charge is 0.326 e. The molecule has 21 heavy (non-hydrogen) atoms. The Morgan fingerprint density at radius 2 is 1.76 bits per heavy atom. The van der Waals surface area contributed by atoms with Crippen LogP contribution < -0.4 is 11.1 Å². The normalized spacial score (nSPS) is 10.5. The Kier molecular flexibility index (Phi) is 4.59. The number of anilines is 1. The summed E-state index contributed by atoms with van der Waals surface area (Å²) >= 11 is 0. The summed E-state index contributed by atoms with van der Waals surface area (Å²) in [7, 11) is 0. The van der Waals surface area contributed by atoms with Crippen molar-refractivity contribution >= 4 is 11.6 Å². The molecule has 0 aromatic heterocycles. The lowest BCUT2D eigenvalue weighted by Crippen LogP contribution is -2.17. The number of hydrogen-bond acceptors (Lipinski definition) is 2. The van der Waals surface area contributed by atoms with Crippen molar-refractivity contribution in [2.24, 2.45) is 5.73 Å². The lowest BCUT2D eigenvalue weighted by molar-refractivity contribution is -0.115. The van der Waals surface area contributed by atoms with Crippen molar-refractivity contribution in [3.8, 4) is 0 Å². The average Bonchev–Trinajstić information content (AvgIpc) is 2.44. The molecule has 0 saturated carbocycles. The minimum absolute atomic E-state index is 0.0645. The molecular formula is C15H13F3N2O. The number of nitrogens with two attached hydrogens (primary N) is 1. The van der Waals surface area contributed by atoms with Crippen molar-refractivity contribution in [2.45, 2.75) is 13.0 Å². The van der Waals surface area contributed by atoms with Crippen molar-refractivity contribution in [3.63, 3.8) is 0 Å². The number of amides is 1. The topological polar surface area (TPSA) is 55.1 Å². The second kappa shape index (κ2) is 6.41. The first-order valence-corrected chi connectivity index (χ1v) is 6.22. The SMILES string of the molecule is NCc1ccccc1CC(=O)Nc1cc(F)cc(F)c1F. The molecule has 0 atom stereocenters.